The summed E-state index contributed by atoms with van der Waals surface area (Å²) in [7, 11) is 1.60. The summed E-state index contributed by atoms with van der Waals surface area (Å²) in [6.45, 7) is 8.35. The molecule has 0 saturated heterocycles. The Morgan fingerprint density at radius 2 is 1.67 bits per heavy atom. The Balaban J connectivity index is 2.70. The number of methoxy groups -OCH3 is 1. The third-order valence-corrected chi connectivity index (χ3v) is 3.20. The van der Waals surface area contributed by atoms with Gasteiger partial charge in [-0.05, 0) is 23.0 Å². The van der Waals surface area contributed by atoms with Crippen molar-refractivity contribution in [3.05, 3.63) is 35.4 Å². The van der Waals surface area contributed by atoms with E-state index in [-0.39, 0.29) is 17.8 Å². The SMILES string of the molecule is COC(C(=O)Cc1ccc(C(C)C)cc1)C(C)C. The Bertz CT molecular complexity index is 377. The minimum Gasteiger partial charge on any atom is -0.373 e. The van der Waals surface area contributed by atoms with Gasteiger partial charge >= 0.3 is 0 Å². The van der Waals surface area contributed by atoms with E-state index in [2.05, 4.69) is 26.0 Å². The molecule has 1 atom stereocenters. The molecule has 1 rings (SSSR count). The van der Waals surface area contributed by atoms with Gasteiger partial charge in [-0.2, -0.15) is 0 Å². The predicted octanol–water partition coefficient (Wildman–Crippen LogP) is 3.59. The van der Waals surface area contributed by atoms with Gasteiger partial charge in [0.25, 0.3) is 0 Å². The second-order valence-corrected chi connectivity index (χ2v) is 5.44. The summed E-state index contributed by atoms with van der Waals surface area (Å²) in [5, 5.41) is 0. The number of hydrogen-bond donors (Lipinski definition) is 0. The van der Waals surface area contributed by atoms with Gasteiger partial charge in [0, 0.05) is 13.5 Å². The van der Waals surface area contributed by atoms with Gasteiger partial charge in [-0.1, -0.05) is 52.0 Å². The van der Waals surface area contributed by atoms with Gasteiger partial charge < -0.3 is 4.74 Å². The molecule has 0 fully saturated rings. The summed E-state index contributed by atoms with van der Waals surface area (Å²) in [6, 6.07) is 8.29. The highest BCUT2D eigenvalue weighted by atomic mass is 16.5. The average molecular weight is 248 g/mol. The van der Waals surface area contributed by atoms with E-state index in [9.17, 15) is 4.79 Å². The van der Waals surface area contributed by atoms with Gasteiger partial charge in [0.2, 0.25) is 0 Å². The molecule has 0 aliphatic rings. The van der Waals surface area contributed by atoms with Crippen LogP contribution in [0, 0.1) is 5.92 Å². The summed E-state index contributed by atoms with van der Waals surface area (Å²) in [5.41, 5.74) is 2.37. The molecule has 0 aliphatic heterocycles. The lowest BCUT2D eigenvalue weighted by atomic mass is 9.96. The second-order valence-electron chi connectivity index (χ2n) is 5.44. The van der Waals surface area contributed by atoms with Crippen molar-refractivity contribution in [2.45, 2.75) is 46.1 Å². The Kier molecular flexibility index (Phi) is 5.54. The summed E-state index contributed by atoms with van der Waals surface area (Å²) in [6.07, 6.45) is 0.157. The van der Waals surface area contributed by atoms with Crippen molar-refractivity contribution in [2.24, 2.45) is 5.92 Å². The summed E-state index contributed by atoms with van der Waals surface area (Å²) < 4.78 is 5.26. The monoisotopic (exact) mass is 248 g/mol. The molecule has 1 aromatic carbocycles. The molecule has 0 heterocycles. The van der Waals surface area contributed by atoms with Gasteiger partial charge in [0.1, 0.15) is 6.10 Å². The molecule has 1 unspecified atom stereocenters. The van der Waals surface area contributed by atoms with E-state index in [1.54, 1.807) is 7.11 Å². The van der Waals surface area contributed by atoms with E-state index in [4.69, 9.17) is 4.74 Å². The van der Waals surface area contributed by atoms with Crippen molar-refractivity contribution < 1.29 is 9.53 Å². The Labute approximate surface area is 110 Å². The first-order valence-corrected chi connectivity index (χ1v) is 6.60. The zero-order valence-corrected chi connectivity index (χ0v) is 12.1. The fourth-order valence-electron chi connectivity index (χ4n) is 2.10. The molecule has 0 saturated carbocycles. The lowest BCUT2D eigenvalue weighted by Gasteiger charge is -2.17. The molecule has 0 aliphatic carbocycles. The fraction of sp³-hybridized carbons (Fsp3) is 0.562. The van der Waals surface area contributed by atoms with Crippen molar-refractivity contribution in [3.8, 4) is 0 Å². The van der Waals surface area contributed by atoms with Gasteiger partial charge in [0.05, 0.1) is 0 Å². The molecule has 0 spiro atoms. The number of carbonyl (C=O) groups is 1. The van der Waals surface area contributed by atoms with Crippen LogP contribution in [0.25, 0.3) is 0 Å². The van der Waals surface area contributed by atoms with Gasteiger partial charge in [-0.25, -0.2) is 0 Å². The topological polar surface area (TPSA) is 26.3 Å². The van der Waals surface area contributed by atoms with Crippen molar-refractivity contribution in [1.82, 2.24) is 0 Å². The van der Waals surface area contributed by atoms with E-state index in [1.807, 2.05) is 26.0 Å². The zero-order valence-electron chi connectivity index (χ0n) is 12.1. The van der Waals surface area contributed by atoms with Crippen LogP contribution >= 0.6 is 0 Å². The van der Waals surface area contributed by atoms with Gasteiger partial charge in [-0.15, -0.1) is 0 Å². The molecule has 0 aromatic heterocycles. The normalized spacial score (nSPS) is 13.1. The number of rotatable bonds is 6. The standard InChI is InChI=1S/C16H24O2/c1-11(2)14-8-6-13(7-9-14)10-15(17)16(18-5)12(3)4/h6-9,11-12,16H,10H2,1-5H3. The van der Waals surface area contributed by atoms with Crippen LogP contribution in [0.1, 0.15) is 44.7 Å². The van der Waals surface area contributed by atoms with Crippen LogP contribution in [0.4, 0.5) is 0 Å². The number of ketones is 1. The summed E-state index contributed by atoms with van der Waals surface area (Å²) in [4.78, 5) is 12.1. The molecule has 0 amide bonds. The second kappa shape index (κ2) is 6.69. The molecule has 18 heavy (non-hydrogen) atoms. The molecule has 2 heteroatoms. The number of Topliss-reactive ketones (excluding diaryl/α,β-unsaturated/α-hetero) is 1. The van der Waals surface area contributed by atoms with Crippen molar-refractivity contribution >= 4 is 5.78 Å². The molecule has 0 bridgehead atoms. The average Bonchev–Trinajstić information content (AvgIpc) is 2.29. The molecular weight excluding hydrogens is 224 g/mol. The van der Waals surface area contributed by atoms with Crippen LogP contribution < -0.4 is 0 Å². The highest BCUT2D eigenvalue weighted by Crippen LogP contribution is 2.16. The largest absolute Gasteiger partial charge is 0.373 e. The fourth-order valence-corrected chi connectivity index (χ4v) is 2.10. The van der Waals surface area contributed by atoms with Crippen molar-refractivity contribution in [1.29, 1.82) is 0 Å². The number of ether oxygens (including phenoxy) is 1. The third-order valence-electron chi connectivity index (χ3n) is 3.20. The Hall–Kier alpha value is -1.15. The minimum atomic E-state index is -0.297. The Morgan fingerprint density at radius 1 is 1.11 bits per heavy atom. The van der Waals surface area contributed by atoms with E-state index in [0.29, 0.717) is 12.3 Å². The first-order valence-electron chi connectivity index (χ1n) is 6.60. The van der Waals surface area contributed by atoms with E-state index in [1.165, 1.54) is 5.56 Å². The van der Waals surface area contributed by atoms with Crippen LogP contribution in [0.5, 0.6) is 0 Å². The maximum Gasteiger partial charge on any atom is 0.166 e. The maximum absolute atomic E-state index is 12.1. The van der Waals surface area contributed by atoms with Crippen LogP contribution in [-0.4, -0.2) is 19.0 Å². The van der Waals surface area contributed by atoms with E-state index in [0.717, 1.165) is 5.56 Å². The van der Waals surface area contributed by atoms with Crippen molar-refractivity contribution in [3.63, 3.8) is 0 Å². The smallest absolute Gasteiger partial charge is 0.166 e. The number of carbonyl (C=O) groups excluding carboxylic acids is 1. The zero-order chi connectivity index (χ0) is 13.7. The quantitative estimate of drug-likeness (QED) is 0.769. The van der Waals surface area contributed by atoms with Gasteiger partial charge in [0.15, 0.2) is 5.78 Å². The highest BCUT2D eigenvalue weighted by molar-refractivity contribution is 5.85. The summed E-state index contributed by atoms with van der Waals surface area (Å²) in [5.74, 6) is 0.902. The summed E-state index contributed by atoms with van der Waals surface area (Å²) >= 11 is 0. The first-order chi connectivity index (χ1) is 8.45. The molecular formula is C16H24O2. The highest BCUT2D eigenvalue weighted by Gasteiger charge is 2.21. The van der Waals surface area contributed by atoms with Crippen LogP contribution in [0.15, 0.2) is 24.3 Å². The first kappa shape index (κ1) is 14.9. The number of hydrogen-bond acceptors (Lipinski definition) is 2. The molecule has 0 N–H and O–H groups in total. The Morgan fingerprint density at radius 3 is 2.06 bits per heavy atom. The minimum absolute atomic E-state index is 0.157. The number of benzene rings is 1. The van der Waals surface area contributed by atoms with E-state index >= 15 is 0 Å². The van der Waals surface area contributed by atoms with Crippen molar-refractivity contribution in [2.75, 3.05) is 7.11 Å². The molecule has 2 nitrogen and oxygen atoms in total. The van der Waals surface area contributed by atoms with Gasteiger partial charge in [-0.3, -0.25) is 4.79 Å². The van der Waals surface area contributed by atoms with Crippen LogP contribution in [0.3, 0.4) is 0 Å². The lowest BCUT2D eigenvalue weighted by molar-refractivity contribution is -0.130. The molecule has 1 aromatic rings. The molecule has 0 radical (unpaired) electrons. The third kappa shape index (κ3) is 3.95. The lowest BCUT2D eigenvalue weighted by Crippen LogP contribution is -2.29. The van der Waals surface area contributed by atoms with E-state index < -0.39 is 0 Å². The molecule has 100 valence electrons. The van der Waals surface area contributed by atoms with Crippen LogP contribution in [-0.2, 0) is 16.0 Å². The maximum atomic E-state index is 12.1. The predicted molar refractivity (Wildman–Crippen MR) is 74.9 cm³/mol. The van der Waals surface area contributed by atoms with Crippen LogP contribution in [0.2, 0.25) is 0 Å².